The van der Waals surface area contributed by atoms with E-state index in [-0.39, 0.29) is 6.08 Å². The molecule has 1 unspecified atom stereocenters. The molecular weight excluding hydrogens is 170 g/mol. The summed E-state index contributed by atoms with van der Waals surface area (Å²) in [6, 6.07) is 0. The van der Waals surface area contributed by atoms with Gasteiger partial charge in [-0.25, -0.2) is 4.21 Å². The van der Waals surface area contributed by atoms with Gasteiger partial charge in [0.15, 0.2) is 0 Å². The third-order valence-corrected chi connectivity index (χ3v) is 1.31. The van der Waals surface area contributed by atoms with Gasteiger partial charge in [0, 0.05) is 0 Å². The molecule has 0 aromatic carbocycles. The van der Waals surface area contributed by atoms with Gasteiger partial charge in [-0.2, -0.15) is 4.98 Å². The SMILES string of the molecule is CCc1coc(OS(=O)[O-])n1. The van der Waals surface area contributed by atoms with E-state index in [1.165, 1.54) is 6.26 Å². The zero-order valence-corrected chi connectivity index (χ0v) is 6.59. The summed E-state index contributed by atoms with van der Waals surface area (Å²) in [4.78, 5) is 3.69. The normalized spacial score (nSPS) is 12.9. The van der Waals surface area contributed by atoms with Crippen molar-refractivity contribution in [1.29, 1.82) is 0 Å². The molecule has 0 fully saturated rings. The summed E-state index contributed by atoms with van der Waals surface area (Å²) in [5, 5.41) is 0. The number of hydrogen-bond donors (Lipinski definition) is 0. The Labute approximate surface area is 65.9 Å². The van der Waals surface area contributed by atoms with Gasteiger partial charge in [-0.1, -0.05) is 6.92 Å². The van der Waals surface area contributed by atoms with Crippen molar-refractivity contribution in [2.45, 2.75) is 13.3 Å². The zero-order chi connectivity index (χ0) is 8.27. The second-order valence-corrected chi connectivity index (χ2v) is 2.32. The number of aromatic nitrogens is 1. The monoisotopic (exact) mass is 176 g/mol. The molecule has 0 saturated heterocycles. The lowest BCUT2D eigenvalue weighted by atomic mass is 10.4. The van der Waals surface area contributed by atoms with Gasteiger partial charge in [-0.15, -0.1) is 0 Å². The number of hydrogen-bond acceptors (Lipinski definition) is 5. The molecule has 0 radical (unpaired) electrons. The second kappa shape index (κ2) is 3.49. The predicted octanol–water partition coefficient (Wildman–Crippen LogP) is 0.410. The lowest BCUT2D eigenvalue weighted by Crippen LogP contribution is -1.97. The molecule has 0 aliphatic carbocycles. The molecule has 1 rings (SSSR count). The van der Waals surface area contributed by atoms with Crippen molar-refractivity contribution >= 4 is 11.4 Å². The van der Waals surface area contributed by atoms with Gasteiger partial charge < -0.3 is 13.2 Å². The molecule has 0 N–H and O–H groups in total. The summed E-state index contributed by atoms with van der Waals surface area (Å²) in [6.07, 6.45) is 1.79. The summed E-state index contributed by atoms with van der Waals surface area (Å²) in [7, 11) is 0. The fourth-order valence-electron chi connectivity index (χ4n) is 0.547. The number of oxazole rings is 1. The van der Waals surface area contributed by atoms with E-state index < -0.39 is 11.4 Å². The third kappa shape index (κ3) is 2.32. The van der Waals surface area contributed by atoms with Crippen LogP contribution >= 0.6 is 0 Å². The van der Waals surface area contributed by atoms with Crippen molar-refractivity contribution in [3.63, 3.8) is 0 Å². The van der Waals surface area contributed by atoms with E-state index in [0.717, 1.165) is 0 Å². The van der Waals surface area contributed by atoms with Gasteiger partial charge in [0.2, 0.25) is 0 Å². The maximum atomic E-state index is 9.94. The van der Waals surface area contributed by atoms with Crippen LogP contribution in [0.15, 0.2) is 10.7 Å². The fourth-order valence-corrected chi connectivity index (χ4v) is 0.740. The van der Waals surface area contributed by atoms with Crippen molar-refractivity contribution in [2.75, 3.05) is 0 Å². The highest BCUT2D eigenvalue weighted by atomic mass is 32.2. The van der Waals surface area contributed by atoms with Crippen LogP contribution in [0.4, 0.5) is 0 Å². The average Bonchev–Trinajstić information content (AvgIpc) is 2.34. The Morgan fingerprint density at radius 2 is 2.64 bits per heavy atom. The van der Waals surface area contributed by atoms with Gasteiger partial charge in [0.25, 0.3) is 0 Å². The molecule has 11 heavy (non-hydrogen) atoms. The summed E-state index contributed by atoms with van der Waals surface area (Å²) in [6.45, 7) is 1.87. The van der Waals surface area contributed by atoms with Crippen LogP contribution in [0.5, 0.6) is 6.08 Å². The summed E-state index contributed by atoms with van der Waals surface area (Å²) >= 11 is -2.61. The Balaban J connectivity index is 2.65. The van der Waals surface area contributed by atoms with Gasteiger partial charge in [0.1, 0.15) is 17.6 Å². The van der Waals surface area contributed by atoms with Crippen LogP contribution in [-0.4, -0.2) is 13.7 Å². The van der Waals surface area contributed by atoms with E-state index in [4.69, 9.17) is 0 Å². The van der Waals surface area contributed by atoms with Crippen LogP contribution in [-0.2, 0) is 17.8 Å². The van der Waals surface area contributed by atoms with Gasteiger partial charge in [-0.3, -0.25) is 0 Å². The lowest BCUT2D eigenvalue weighted by molar-refractivity contribution is 0.352. The molecule has 62 valence electrons. The molecule has 6 heteroatoms. The molecule has 1 aromatic heterocycles. The fraction of sp³-hybridized carbons (Fsp3) is 0.400. The Kier molecular flexibility index (Phi) is 2.61. The van der Waals surface area contributed by atoms with Crippen LogP contribution in [0.3, 0.4) is 0 Å². The molecule has 0 aliphatic rings. The van der Waals surface area contributed by atoms with Gasteiger partial charge in [0.05, 0.1) is 5.69 Å². The van der Waals surface area contributed by atoms with Crippen LogP contribution in [0, 0.1) is 0 Å². The van der Waals surface area contributed by atoms with Crippen molar-refractivity contribution in [3.05, 3.63) is 12.0 Å². The molecule has 5 nitrogen and oxygen atoms in total. The second-order valence-electron chi connectivity index (χ2n) is 1.75. The van der Waals surface area contributed by atoms with E-state index in [1.54, 1.807) is 0 Å². The van der Waals surface area contributed by atoms with Crippen LogP contribution in [0.1, 0.15) is 12.6 Å². The highest BCUT2D eigenvalue weighted by Gasteiger charge is 2.02. The minimum Gasteiger partial charge on any atom is -0.740 e. The molecule has 0 aliphatic heterocycles. The van der Waals surface area contributed by atoms with E-state index in [2.05, 4.69) is 13.6 Å². The summed E-state index contributed by atoms with van der Waals surface area (Å²) in [5.41, 5.74) is 0.658. The Hall–Kier alpha value is -0.880. The van der Waals surface area contributed by atoms with Crippen LogP contribution in [0.2, 0.25) is 0 Å². The first-order valence-corrected chi connectivity index (χ1v) is 3.94. The van der Waals surface area contributed by atoms with E-state index in [9.17, 15) is 8.76 Å². The third-order valence-electron chi connectivity index (χ3n) is 1.03. The Morgan fingerprint density at radius 1 is 1.91 bits per heavy atom. The molecule has 1 aromatic rings. The van der Waals surface area contributed by atoms with Crippen molar-refractivity contribution in [2.24, 2.45) is 0 Å². The first-order valence-electron chi connectivity index (χ1n) is 2.94. The molecule has 0 spiro atoms. The molecule has 0 bridgehead atoms. The molecule has 1 heterocycles. The first kappa shape index (κ1) is 8.22. The zero-order valence-electron chi connectivity index (χ0n) is 5.77. The predicted molar refractivity (Wildman–Crippen MR) is 35.4 cm³/mol. The minimum atomic E-state index is -2.61. The number of nitrogens with zero attached hydrogens (tertiary/aromatic N) is 1. The van der Waals surface area contributed by atoms with E-state index in [1.807, 2.05) is 6.92 Å². The molecule has 1 atom stereocenters. The maximum absolute atomic E-state index is 9.94. The van der Waals surface area contributed by atoms with Gasteiger partial charge >= 0.3 is 6.08 Å². The standard InChI is InChI=1S/C5H7NO4S/c1-2-4-3-9-5(6-4)10-11(7)8/h3H,2H2,1H3,(H,7,8)/p-1. The molecule has 0 saturated carbocycles. The van der Waals surface area contributed by atoms with Crippen molar-refractivity contribution < 1.29 is 17.4 Å². The minimum absolute atomic E-state index is 0.241. The van der Waals surface area contributed by atoms with Gasteiger partial charge in [-0.05, 0) is 6.42 Å². The topological polar surface area (TPSA) is 75.4 Å². The number of rotatable bonds is 3. The maximum Gasteiger partial charge on any atom is 0.407 e. The number of aryl methyl sites for hydroxylation is 1. The van der Waals surface area contributed by atoms with E-state index >= 15 is 0 Å². The first-order chi connectivity index (χ1) is 5.22. The highest BCUT2D eigenvalue weighted by molar-refractivity contribution is 7.74. The largest absolute Gasteiger partial charge is 0.740 e. The van der Waals surface area contributed by atoms with Crippen LogP contribution in [0.25, 0.3) is 0 Å². The van der Waals surface area contributed by atoms with Crippen LogP contribution < -0.4 is 4.18 Å². The quantitative estimate of drug-likeness (QED) is 0.623. The molecular formula is C5H6NO4S-. The average molecular weight is 176 g/mol. The summed E-state index contributed by atoms with van der Waals surface area (Å²) < 4.78 is 28.7. The Bertz CT molecular complexity index is 259. The Morgan fingerprint density at radius 3 is 3.09 bits per heavy atom. The van der Waals surface area contributed by atoms with Crippen molar-refractivity contribution in [1.82, 2.24) is 4.98 Å². The summed E-state index contributed by atoms with van der Waals surface area (Å²) in [5.74, 6) is 0. The van der Waals surface area contributed by atoms with Crippen molar-refractivity contribution in [3.8, 4) is 6.08 Å². The lowest BCUT2D eigenvalue weighted by Gasteiger charge is -1.99. The smallest absolute Gasteiger partial charge is 0.407 e. The molecule has 0 amide bonds. The highest BCUT2D eigenvalue weighted by Crippen LogP contribution is 2.10. The van der Waals surface area contributed by atoms with E-state index in [0.29, 0.717) is 12.1 Å².